The second kappa shape index (κ2) is 7.23. The Labute approximate surface area is 155 Å². The third-order valence-corrected chi connectivity index (χ3v) is 6.64. The lowest BCUT2D eigenvalue weighted by molar-refractivity contribution is 0.599. The van der Waals surface area contributed by atoms with E-state index in [1.807, 2.05) is 26.0 Å². The van der Waals surface area contributed by atoms with E-state index in [4.69, 9.17) is 0 Å². The molecule has 1 atom stereocenters. The molecule has 1 aromatic carbocycles. The summed E-state index contributed by atoms with van der Waals surface area (Å²) in [7, 11) is -2.94. The Hall–Kier alpha value is -2.15. The molecule has 1 aliphatic heterocycles. The van der Waals surface area contributed by atoms with Gasteiger partial charge in [-0.25, -0.2) is 18.4 Å². The molecule has 1 aromatic heterocycles. The van der Waals surface area contributed by atoms with Crippen molar-refractivity contribution in [2.75, 3.05) is 28.3 Å². The summed E-state index contributed by atoms with van der Waals surface area (Å²) in [5.41, 5.74) is 3.44. The number of anilines is 3. The number of aryl methyl sites for hydroxylation is 3. The molecule has 1 unspecified atom stereocenters. The van der Waals surface area contributed by atoms with Crippen molar-refractivity contribution in [2.45, 2.75) is 40.2 Å². The topological polar surface area (TPSA) is 75.2 Å². The fourth-order valence-electron chi connectivity index (χ4n) is 3.36. The lowest BCUT2D eigenvalue weighted by atomic mass is 10.1. The molecular formula is C19H26N4O2S. The molecule has 140 valence electrons. The van der Waals surface area contributed by atoms with Crippen LogP contribution in [0.3, 0.4) is 0 Å². The molecule has 0 aliphatic carbocycles. The molecule has 0 amide bonds. The summed E-state index contributed by atoms with van der Waals surface area (Å²) in [6, 6.07) is 8.08. The van der Waals surface area contributed by atoms with Crippen LogP contribution in [0.15, 0.2) is 24.3 Å². The zero-order chi connectivity index (χ0) is 18.9. The van der Waals surface area contributed by atoms with Gasteiger partial charge in [-0.3, -0.25) is 0 Å². The number of nitrogens with zero attached hydrogens (tertiary/aromatic N) is 3. The number of hydrogen-bond donors (Lipinski definition) is 1. The van der Waals surface area contributed by atoms with E-state index >= 15 is 0 Å². The van der Waals surface area contributed by atoms with E-state index in [1.54, 1.807) is 0 Å². The Balaban J connectivity index is 1.87. The van der Waals surface area contributed by atoms with Gasteiger partial charge in [0.05, 0.1) is 11.5 Å². The van der Waals surface area contributed by atoms with E-state index in [9.17, 15) is 8.42 Å². The minimum Gasteiger partial charge on any atom is -0.353 e. The van der Waals surface area contributed by atoms with Crippen molar-refractivity contribution >= 4 is 27.2 Å². The SMILES string of the molecule is CCN(c1cc(Nc2ccc(C)c(C)c2)nc(C)n1)C1CCS(=O)(=O)C1. The molecule has 0 saturated carbocycles. The molecule has 0 radical (unpaired) electrons. The van der Waals surface area contributed by atoms with Gasteiger partial charge in [0, 0.05) is 24.3 Å². The van der Waals surface area contributed by atoms with Crippen LogP contribution in [-0.2, 0) is 9.84 Å². The standard InChI is InChI=1S/C19H26N4O2S/c1-5-23(17-8-9-26(24,25)12-17)19-11-18(20-15(4)21-19)22-16-7-6-13(2)14(3)10-16/h6-7,10-11,17H,5,8-9,12H2,1-4H3,(H,20,21,22). The van der Waals surface area contributed by atoms with Crippen molar-refractivity contribution in [3.05, 3.63) is 41.2 Å². The maximum absolute atomic E-state index is 11.9. The summed E-state index contributed by atoms with van der Waals surface area (Å²) in [6.45, 7) is 8.75. The van der Waals surface area contributed by atoms with Gasteiger partial charge in [0.2, 0.25) is 0 Å². The molecule has 2 aromatic rings. The lowest BCUT2D eigenvalue weighted by Gasteiger charge is -2.28. The van der Waals surface area contributed by atoms with Gasteiger partial charge in [0.15, 0.2) is 9.84 Å². The average molecular weight is 375 g/mol. The van der Waals surface area contributed by atoms with Crippen LogP contribution in [0.5, 0.6) is 0 Å². The number of nitrogens with one attached hydrogen (secondary N) is 1. The van der Waals surface area contributed by atoms with Gasteiger partial charge in [-0.2, -0.15) is 0 Å². The Bertz CT molecular complexity index is 912. The highest BCUT2D eigenvalue weighted by molar-refractivity contribution is 7.91. The van der Waals surface area contributed by atoms with Crippen LogP contribution in [0.2, 0.25) is 0 Å². The molecule has 1 fully saturated rings. The molecule has 3 rings (SSSR count). The van der Waals surface area contributed by atoms with Gasteiger partial charge >= 0.3 is 0 Å². The predicted octanol–water partition coefficient (Wildman–Crippen LogP) is 3.16. The third-order valence-electron chi connectivity index (χ3n) is 4.89. The van der Waals surface area contributed by atoms with Gasteiger partial charge in [-0.1, -0.05) is 6.07 Å². The number of hydrogen-bond acceptors (Lipinski definition) is 6. The molecule has 1 aliphatic rings. The quantitative estimate of drug-likeness (QED) is 0.866. The van der Waals surface area contributed by atoms with Crippen LogP contribution in [0.1, 0.15) is 30.3 Å². The third kappa shape index (κ3) is 4.15. The van der Waals surface area contributed by atoms with Crippen LogP contribution in [-0.4, -0.2) is 42.5 Å². The monoisotopic (exact) mass is 374 g/mol. The summed E-state index contributed by atoms with van der Waals surface area (Å²) in [6.07, 6.45) is 0.652. The fourth-order valence-corrected chi connectivity index (χ4v) is 5.09. The van der Waals surface area contributed by atoms with Crippen molar-refractivity contribution in [3.8, 4) is 0 Å². The van der Waals surface area contributed by atoms with E-state index < -0.39 is 9.84 Å². The Morgan fingerprint density at radius 1 is 1.15 bits per heavy atom. The maximum Gasteiger partial charge on any atom is 0.152 e. The van der Waals surface area contributed by atoms with Crippen molar-refractivity contribution in [1.29, 1.82) is 0 Å². The molecule has 1 N–H and O–H groups in total. The van der Waals surface area contributed by atoms with Crippen molar-refractivity contribution in [2.24, 2.45) is 0 Å². The summed E-state index contributed by atoms with van der Waals surface area (Å²) in [4.78, 5) is 11.1. The smallest absolute Gasteiger partial charge is 0.152 e. The summed E-state index contributed by atoms with van der Waals surface area (Å²) >= 11 is 0. The zero-order valence-electron chi connectivity index (χ0n) is 15.8. The van der Waals surface area contributed by atoms with E-state index in [2.05, 4.69) is 46.2 Å². The van der Waals surface area contributed by atoms with Crippen LogP contribution in [0.25, 0.3) is 0 Å². The summed E-state index contributed by atoms with van der Waals surface area (Å²) in [5.74, 6) is 2.60. The number of aromatic nitrogens is 2. The Kier molecular flexibility index (Phi) is 5.18. The second-order valence-electron chi connectivity index (χ2n) is 6.93. The van der Waals surface area contributed by atoms with Crippen LogP contribution in [0.4, 0.5) is 17.3 Å². The van der Waals surface area contributed by atoms with Gasteiger partial charge in [0.25, 0.3) is 0 Å². The Morgan fingerprint density at radius 3 is 2.54 bits per heavy atom. The van der Waals surface area contributed by atoms with Crippen LogP contribution < -0.4 is 10.2 Å². The second-order valence-corrected chi connectivity index (χ2v) is 9.15. The zero-order valence-corrected chi connectivity index (χ0v) is 16.6. The predicted molar refractivity (Wildman–Crippen MR) is 106 cm³/mol. The molecule has 2 heterocycles. The van der Waals surface area contributed by atoms with Crippen molar-refractivity contribution < 1.29 is 8.42 Å². The molecule has 6 nitrogen and oxygen atoms in total. The van der Waals surface area contributed by atoms with E-state index in [-0.39, 0.29) is 17.5 Å². The maximum atomic E-state index is 11.9. The highest BCUT2D eigenvalue weighted by Crippen LogP contribution is 2.26. The molecule has 7 heteroatoms. The summed E-state index contributed by atoms with van der Waals surface area (Å²) in [5, 5.41) is 3.34. The average Bonchev–Trinajstić information content (AvgIpc) is 2.91. The van der Waals surface area contributed by atoms with Crippen LogP contribution >= 0.6 is 0 Å². The van der Waals surface area contributed by atoms with Crippen LogP contribution in [0, 0.1) is 20.8 Å². The lowest BCUT2D eigenvalue weighted by Crippen LogP contribution is -2.36. The minimum atomic E-state index is -2.94. The first-order valence-electron chi connectivity index (χ1n) is 8.94. The Morgan fingerprint density at radius 2 is 1.92 bits per heavy atom. The van der Waals surface area contributed by atoms with E-state index in [1.165, 1.54) is 11.1 Å². The van der Waals surface area contributed by atoms with Crippen molar-refractivity contribution in [1.82, 2.24) is 9.97 Å². The van der Waals surface area contributed by atoms with Gasteiger partial charge < -0.3 is 10.2 Å². The number of sulfone groups is 1. The van der Waals surface area contributed by atoms with Crippen molar-refractivity contribution in [3.63, 3.8) is 0 Å². The van der Waals surface area contributed by atoms with E-state index in [0.29, 0.717) is 18.8 Å². The molecule has 1 saturated heterocycles. The number of benzene rings is 1. The highest BCUT2D eigenvalue weighted by atomic mass is 32.2. The van der Waals surface area contributed by atoms with E-state index in [0.717, 1.165) is 17.3 Å². The summed E-state index contributed by atoms with van der Waals surface area (Å²) < 4.78 is 23.7. The number of rotatable bonds is 5. The fraction of sp³-hybridized carbons (Fsp3) is 0.474. The molecule has 0 bridgehead atoms. The van der Waals surface area contributed by atoms with Gasteiger partial charge in [-0.05, 0) is 57.4 Å². The highest BCUT2D eigenvalue weighted by Gasteiger charge is 2.32. The first-order valence-corrected chi connectivity index (χ1v) is 10.8. The largest absolute Gasteiger partial charge is 0.353 e. The molecule has 0 spiro atoms. The molecule has 26 heavy (non-hydrogen) atoms. The molecular weight excluding hydrogens is 348 g/mol. The van der Waals surface area contributed by atoms with Gasteiger partial charge in [0.1, 0.15) is 17.5 Å². The first kappa shape index (κ1) is 18.6. The van der Waals surface area contributed by atoms with Gasteiger partial charge in [-0.15, -0.1) is 0 Å². The minimum absolute atomic E-state index is 0.0197. The normalized spacial score (nSPS) is 18.7. The first-order chi connectivity index (χ1) is 12.3.